The van der Waals surface area contributed by atoms with Gasteiger partial charge in [-0.1, -0.05) is 26.0 Å². The average Bonchev–Trinajstić information content (AvgIpc) is 3.47. The number of alkyl carbamates (subject to hydrolysis) is 1. The van der Waals surface area contributed by atoms with Crippen LogP contribution in [-0.2, 0) is 16.1 Å². The number of imidazole rings is 1. The number of benzene rings is 1. The first-order chi connectivity index (χ1) is 14.2. The van der Waals surface area contributed by atoms with E-state index in [9.17, 15) is 9.59 Å². The van der Waals surface area contributed by atoms with E-state index in [1.54, 1.807) is 0 Å². The van der Waals surface area contributed by atoms with E-state index in [0.29, 0.717) is 25.3 Å². The van der Waals surface area contributed by atoms with Gasteiger partial charge in [0.1, 0.15) is 18.0 Å². The van der Waals surface area contributed by atoms with Crippen LogP contribution in [0.1, 0.15) is 72.0 Å². The molecule has 3 rings (SSSR count). The van der Waals surface area contributed by atoms with Gasteiger partial charge in [-0.15, -0.1) is 0 Å². The number of rotatable bonds is 8. The van der Waals surface area contributed by atoms with Gasteiger partial charge in [-0.2, -0.15) is 0 Å². The molecule has 1 heterocycles. The summed E-state index contributed by atoms with van der Waals surface area (Å²) in [7, 11) is 0. The molecule has 1 aliphatic rings. The number of ether oxygens (including phenoxy) is 1. The highest BCUT2D eigenvalue weighted by Gasteiger charge is 2.32. The van der Waals surface area contributed by atoms with Gasteiger partial charge in [0.25, 0.3) is 0 Å². The van der Waals surface area contributed by atoms with Crippen LogP contribution >= 0.6 is 0 Å². The Labute approximate surface area is 178 Å². The van der Waals surface area contributed by atoms with E-state index in [-0.39, 0.29) is 12.5 Å². The Kier molecular flexibility index (Phi) is 6.38. The van der Waals surface area contributed by atoms with Crippen molar-refractivity contribution in [2.24, 2.45) is 0 Å². The molecule has 1 aliphatic carbocycles. The fourth-order valence-electron chi connectivity index (χ4n) is 3.67. The van der Waals surface area contributed by atoms with Gasteiger partial charge in [-0.05, 0) is 58.6 Å². The van der Waals surface area contributed by atoms with Crippen LogP contribution in [0.4, 0.5) is 4.79 Å². The van der Waals surface area contributed by atoms with Gasteiger partial charge < -0.3 is 19.9 Å². The molecule has 0 spiro atoms. The number of hydrogen-bond acceptors (Lipinski definition) is 4. The Bertz CT molecular complexity index is 905. The van der Waals surface area contributed by atoms with E-state index in [1.807, 2.05) is 63.5 Å². The SMILES string of the molecule is CCC(CC)(CNC(=O)OC(C)(C)C)NC(=O)Cn1c(C2CC2)nc2ccccc21. The number of carbonyl (C=O) groups excluding carboxylic acids is 2. The predicted molar refractivity (Wildman–Crippen MR) is 117 cm³/mol. The zero-order chi connectivity index (χ0) is 21.9. The maximum absolute atomic E-state index is 13.1. The second-order valence-corrected chi connectivity index (χ2v) is 9.21. The molecule has 1 aromatic carbocycles. The average molecular weight is 415 g/mol. The Hall–Kier alpha value is -2.57. The van der Waals surface area contributed by atoms with Gasteiger partial charge in [0.05, 0.1) is 16.6 Å². The number of para-hydroxylation sites is 2. The summed E-state index contributed by atoms with van der Waals surface area (Å²) in [5.41, 5.74) is 0.830. The van der Waals surface area contributed by atoms with E-state index in [1.165, 1.54) is 0 Å². The molecular formula is C23H34N4O3. The molecule has 0 bridgehead atoms. The second-order valence-electron chi connectivity index (χ2n) is 9.21. The monoisotopic (exact) mass is 414 g/mol. The lowest BCUT2D eigenvalue weighted by Crippen LogP contribution is -2.56. The lowest BCUT2D eigenvalue weighted by molar-refractivity contribution is -0.123. The summed E-state index contributed by atoms with van der Waals surface area (Å²) in [6.45, 7) is 10.1. The van der Waals surface area contributed by atoms with Gasteiger partial charge in [-0.25, -0.2) is 9.78 Å². The molecule has 7 nitrogen and oxygen atoms in total. The van der Waals surface area contributed by atoms with Crippen LogP contribution in [-0.4, -0.2) is 39.2 Å². The Morgan fingerprint density at radius 3 is 2.43 bits per heavy atom. The second kappa shape index (κ2) is 8.66. The van der Waals surface area contributed by atoms with E-state index in [4.69, 9.17) is 9.72 Å². The van der Waals surface area contributed by atoms with E-state index in [0.717, 1.165) is 29.7 Å². The summed E-state index contributed by atoms with van der Waals surface area (Å²) < 4.78 is 7.38. The smallest absolute Gasteiger partial charge is 0.407 e. The quantitative estimate of drug-likeness (QED) is 0.681. The van der Waals surface area contributed by atoms with Crippen molar-refractivity contribution in [3.8, 4) is 0 Å². The molecule has 2 aromatic rings. The third-order valence-corrected chi connectivity index (χ3v) is 5.66. The summed E-state index contributed by atoms with van der Waals surface area (Å²) in [5.74, 6) is 1.37. The van der Waals surface area contributed by atoms with Crippen LogP contribution in [0, 0.1) is 0 Å². The standard InChI is InChI=1S/C23H34N4O3/c1-6-23(7-2,15-24-21(29)30-22(3,4)5)26-19(28)14-27-18-11-9-8-10-17(18)25-20(27)16-12-13-16/h8-11,16H,6-7,12-15H2,1-5H3,(H,24,29)(H,26,28). The maximum Gasteiger partial charge on any atom is 0.407 e. The molecule has 0 aliphatic heterocycles. The zero-order valence-electron chi connectivity index (χ0n) is 18.7. The third-order valence-electron chi connectivity index (χ3n) is 5.66. The molecule has 0 radical (unpaired) electrons. The van der Waals surface area contributed by atoms with E-state index in [2.05, 4.69) is 10.6 Å². The first-order valence-corrected chi connectivity index (χ1v) is 10.9. The molecule has 0 saturated heterocycles. The number of carbonyl (C=O) groups is 2. The highest BCUT2D eigenvalue weighted by molar-refractivity contribution is 5.82. The van der Waals surface area contributed by atoms with Gasteiger partial charge in [0.15, 0.2) is 0 Å². The van der Waals surface area contributed by atoms with Crippen molar-refractivity contribution in [2.75, 3.05) is 6.54 Å². The highest BCUT2D eigenvalue weighted by Crippen LogP contribution is 2.40. The minimum Gasteiger partial charge on any atom is -0.444 e. The van der Waals surface area contributed by atoms with Crippen LogP contribution in [0.25, 0.3) is 11.0 Å². The molecular weight excluding hydrogens is 380 g/mol. The van der Waals surface area contributed by atoms with E-state index >= 15 is 0 Å². The number of amides is 2. The first kappa shape index (κ1) is 22.1. The minimum atomic E-state index is -0.559. The number of nitrogens with one attached hydrogen (secondary N) is 2. The molecule has 1 saturated carbocycles. The molecule has 164 valence electrons. The van der Waals surface area contributed by atoms with Crippen molar-refractivity contribution in [1.82, 2.24) is 20.2 Å². The fraction of sp³-hybridized carbons (Fsp3) is 0.609. The summed E-state index contributed by atoms with van der Waals surface area (Å²) in [4.78, 5) is 29.9. The molecule has 7 heteroatoms. The van der Waals surface area contributed by atoms with Crippen molar-refractivity contribution in [1.29, 1.82) is 0 Å². The summed E-state index contributed by atoms with van der Waals surface area (Å²) in [5, 5.41) is 6.00. The van der Waals surface area contributed by atoms with Crippen LogP contribution in [0.2, 0.25) is 0 Å². The van der Waals surface area contributed by atoms with Gasteiger partial charge in [0.2, 0.25) is 5.91 Å². The summed E-state index contributed by atoms with van der Waals surface area (Å²) >= 11 is 0. The maximum atomic E-state index is 13.1. The van der Waals surface area contributed by atoms with Crippen LogP contribution < -0.4 is 10.6 Å². The van der Waals surface area contributed by atoms with Crippen molar-refractivity contribution < 1.29 is 14.3 Å². The molecule has 1 fully saturated rings. The zero-order valence-corrected chi connectivity index (χ0v) is 18.7. The fourth-order valence-corrected chi connectivity index (χ4v) is 3.67. The molecule has 2 N–H and O–H groups in total. The highest BCUT2D eigenvalue weighted by atomic mass is 16.6. The summed E-state index contributed by atoms with van der Waals surface area (Å²) in [6, 6.07) is 7.95. The van der Waals surface area contributed by atoms with E-state index < -0.39 is 17.2 Å². The van der Waals surface area contributed by atoms with Crippen molar-refractivity contribution >= 4 is 23.0 Å². The number of nitrogens with zero attached hydrogens (tertiary/aromatic N) is 2. The topological polar surface area (TPSA) is 85.3 Å². The largest absolute Gasteiger partial charge is 0.444 e. The molecule has 0 unspecified atom stereocenters. The molecule has 1 aromatic heterocycles. The predicted octanol–water partition coefficient (Wildman–Crippen LogP) is 4.11. The normalized spacial score (nSPS) is 14.6. The molecule has 30 heavy (non-hydrogen) atoms. The Morgan fingerprint density at radius 1 is 1.17 bits per heavy atom. The van der Waals surface area contributed by atoms with Crippen LogP contribution in [0.5, 0.6) is 0 Å². The Morgan fingerprint density at radius 2 is 1.83 bits per heavy atom. The molecule has 0 atom stereocenters. The number of fused-ring (bicyclic) bond motifs is 1. The number of hydrogen-bond donors (Lipinski definition) is 2. The lowest BCUT2D eigenvalue weighted by atomic mass is 9.92. The van der Waals surface area contributed by atoms with Gasteiger partial charge in [-0.3, -0.25) is 4.79 Å². The van der Waals surface area contributed by atoms with Crippen LogP contribution in [0.15, 0.2) is 24.3 Å². The van der Waals surface area contributed by atoms with Crippen molar-refractivity contribution in [3.63, 3.8) is 0 Å². The van der Waals surface area contributed by atoms with Crippen molar-refractivity contribution in [2.45, 2.75) is 83.9 Å². The Balaban J connectivity index is 1.71. The lowest BCUT2D eigenvalue weighted by Gasteiger charge is -2.33. The van der Waals surface area contributed by atoms with Crippen LogP contribution in [0.3, 0.4) is 0 Å². The number of aromatic nitrogens is 2. The first-order valence-electron chi connectivity index (χ1n) is 10.9. The summed E-state index contributed by atoms with van der Waals surface area (Å²) in [6.07, 6.45) is 3.17. The minimum absolute atomic E-state index is 0.0743. The van der Waals surface area contributed by atoms with Crippen molar-refractivity contribution in [3.05, 3.63) is 30.1 Å². The van der Waals surface area contributed by atoms with Gasteiger partial charge in [0, 0.05) is 12.5 Å². The van der Waals surface area contributed by atoms with Gasteiger partial charge >= 0.3 is 6.09 Å². The molecule has 2 amide bonds. The third kappa shape index (κ3) is 5.32.